The smallest absolute Gasteiger partial charge is 0.325 e. The fourth-order valence-electron chi connectivity index (χ4n) is 2.40. The van der Waals surface area contributed by atoms with Crippen LogP contribution in [-0.2, 0) is 24.2 Å². The van der Waals surface area contributed by atoms with Crippen molar-refractivity contribution in [2.24, 2.45) is 0 Å². The summed E-state index contributed by atoms with van der Waals surface area (Å²) in [5.41, 5.74) is 0. The summed E-state index contributed by atoms with van der Waals surface area (Å²) in [4.78, 5) is 25.2. The number of rotatable bonds is 6. The van der Waals surface area contributed by atoms with Gasteiger partial charge in [-0.3, -0.25) is 9.59 Å². The molecule has 1 saturated heterocycles. The van der Waals surface area contributed by atoms with E-state index in [4.69, 9.17) is 16.3 Å². The third kappa shape index (κ3) is 5.10. The Kier molecular flexibility index (Phi) is 6.06. The van der Waals surface area contributed by atoms with Crippen molar-refractivity contribution in [1.29, 1.82) is 0 Å². The molecule has 0 radical (unpaired) electrons. The van der Waals surface area contributed by atoms with E-state index in [9.17, 15) is 18.0 Å². The van der Waals surface area contributed by atoms with Gasteiger partial charge in [0.1, 0.15) is 12.3 Å². The number of sulfone groups is 1. The monoisotopic (exact) mass is 375 g/mol. The first-order valence-electron chi connectivity index (χ1n) is 7.26. The molecule has 1 aromatic rings. The number of methoxy groups -OCH3 is 1. The van der Waals surface area contributed by atoms with Crippen molar-refractivity contribution < 1.29 is 27.5 Å². The average Bonchev–Trinajstić information content (AvgIpc) is 2.91. The van der Waals surface area contributed by atoms with E-state index in [2.05, 4.69) is 4.74 Å². The van der Waals surface area contributed by atoms with Gasteiger partial charge in [-0.05, 0) is 30.7 Å². The largest absolute Gasteiger partial charge is 0.484 e. The molecule has 0 saturated carbocycles. The fourth-order valence-corrected chi connectivity index (χ4v) is 4.26. The van der Waals surface area contributed by atoms with Crippen molar-refractivity contribution in [2.75, 3.05) is 31.8 Å². The minimum absolute atomic E-state index is 0.000656. The molecule has 1 atom stereocenters. The summed E-state index contributed by atoms with van der Waals surface area (Å²) >= 11 is 5.77. The number of ether oxygens (including phenoxy) is 2. The van der Waals surface area contributed by atoms with Crippen molar-refractivity contribution >= 4 is 33.3 Å². The van der Waals surface area contributed by atoms with Gasteiger partial charge in [0.25, 0.3) is 5.91 Å². The zero-order chi connectivity index (χ0) is 17.7. The van der Waals surface area contributed by atoms with Crippen molar-refractivity contribution in [1.82, 2.24) is 4.90 Å². The minimum Gasteiger partial charge on any atom is -0.484 e. The van der Waals surface area contributed by atoms with E-state index in [1.165, 1.54) is 12.0 Å². The molecule has 0 spiro atoms. The van der Waals surface area contributed by atoms with E-state index < -0.39 is 27.8 Å². The van der Waals surface area contributed by atoms with Crippen molar-refractivity contribution in [3.63, 3.8) is 0 Å². The number of carbonyl (C=O) groups is 2. The van der Waals surface area contributed by atoms with Gasteiger partial charge < -0.3 is 14.4 Å². The Morgan fingerprint density at radius 3 is 2.50 bits per heavy atom. The normalized spacial score (nSPS) is 18.8. The molecule has 1 heterocycles. The Morgan fingerprint density at radius 2 is 1.96 bits per heavy atom. The second-order valence-corrected chi connectivity index (χ2v) is 8.06. The molecule has 7 nitrogen and oxygen atoms in total. The quantitative estimate of drug-likeness (QED) is 0.686. The first-order chi connectivity index (χ1) is 11.3. The Morgan fingerprint density at radius 1 is 1.29 bits per heavy atom. The second kappa shape index (κ2) is 7.85. The van der Waals surface area contributed by atoms with E-state index in [1.54, 1.807) is 24.3 Å². The van der Waals surface area contributed by atoms with Crippen molar-refractivity contribution in [3.8, 4) is 5.75 Å². The molecule has 24 heavy (non-hydrogen) atoms. The van der Waals surface area contributed by atoms with Gasteiger partial charge >= 0.3 is 5.97 Å². The number of hydrogen-bond donors (Lipinski definition) is 0. The van der Waals surface area contributed by atoms with Crippen molar-refractivity contribution in [3.05, 3.63) is 29.3 Å². The van der Waals surface area contributed by atoms with Crippen LogP contribution in [0.25, 0.3) is 0 Å². The number of nitrogens with zero attached hydrogens (tertiary/aromatic N) is 1. The molecule has 0 aliphatic carbocycles. The molecule has 0 N–H and O–H groups in total. The zero-order valence-electron chi connectivity index (χ0n) is 13.1. The maximum absolute atomic E-state index is 12.4. The van der Waals surface area contributed by atoms with Crippen LogP contribution in [0.1, 0.15) is 6.42 Å². The van der Waals surface area contributed by atoms with Crippen LogP contribution in [0.3, 0.4) is 0 Å². The Balaban J connectivity index is 2.03. The second-order valence-electron chi connectivity index (χ2n) is 5.40. The fraction of sp³-hybridized carbons (Fsp3) is 0.467. The van der Waals surface area contributed by atoms with Gasteiger partial charge in [0.05, 0.1) is 18.6 Å². The van der Waals surface area contributed by atoms with Crippen LogP contribution in [0.5, 0.6) is 5.75 Å². The number of carbonyl (C=O) groups excluding carboxylic acids is 2. The summed E-state index contributed by atoms with van der Waals surface area (Å²) in [6.07, 6.45) is 0.298. The molecule has 1 aliphatic rings. The standard InChI is InChI=1S/C15H18ClNO6S/c1-22-15(19)8-17(12-6-7-24(20,21)10-12)14(18)9-23-13-4-2-11(16)3-5-13/h2-5,12H,6-10H2,1H3/t12-/m1/s1. The van der Waals surface area contributed by atoms with E-state index >= 15 is 0 Å². The van der Waals surface area contributed by atoms with E-state index in [0.717, 1.165) is 0 Å². The van der Waals surface area contributed by atoms with Gasteiger partial charge in [0.2, 0.25) is 0 Å². The predicted molar refractivity (Wildman–Crippen MR) is 87.7 cm³/mol. The third-order valence-corrected chi connectivity index (χ3v) is 5.67. The van der Waals surface area contributed by atoms with Gasteiger partial charge in [-0.25, -0.2) is 8.42 Å². The summed E-state index contributed by atoms with van der Waals surface area (Å²) in [5.74, 6) is -0.793. The summed E-state index contributed by atoms with van der Waals surface area (Å²) in [5, 5.41) is 0.539. The third-order valence-electron chi connectivity index (χ3n) is 3.67. The molecular weight excluding hydrogens is 358 g/mol. The molecule has 1 fully saturated rings. The molecule has 1 amide bonds. The average molecular weight is 376 g/mol. The van der Waals surface area contributed by atoms with Gasteiger partial charge in [-0.2, -0.15) is 0 Å². The lowest BCUT2D eigenvalue weighted by Gasteiger charge is -2.27. The van der Waals surface area contributed by atoms with Crippen LogP contribution < -0.4 is 4.74 Å². The highest BCUT2D eigenvalue weighted by molar-refractivity contribution is 7.91. The lowest BCUT2D eigenvalue weighted by Crippen LogP contribution is -2.46. The lowest BCUT2D eigenvalue weighted by molar-refractivity contribution is -0.149. The molecule has 132 valence electrons. The molecule has 1 aromatic carbocycles. The number of esters is 1. The SMILES string of the molecule is COC(=O)CN(C(=O)COc1ccc(Cl)cc1)[C@@H]1CCS(=O)(=O)C1. The van der Waals surface area contributed by atoms with E-state index in [-0.39, 0.29) is 24.7 Å². The zero-order valence-corrected chi connectivity index (χ0v) is 14.7. The highest BCUT2D eigenvalue weighted by Gasteiger charge is 2.35. The first-order valence-corrected chi connectivity index (χ1v) is 9.46. The summed E-state index contributed by atoms with van der Waals surface area (Å²) < 4.78 is 33.2. The van der Waals surface area contributed by atoms with Crippen LogP contribution in [0, 0.1) is 0 Å². The summed E-state index contributed by atoms with van der Waals surface area (Å²) in [6, 6.07) is 5.92. The first kappa shape index (κ1) is 18.5. The van der Waals surface area contributed by atoms with Crippen LogP contribution in [0.4, 0.5) is 0 Å². The Hall–Kier alpha value is -1.80. The number of benzene rings is 1. The molecule has 0 bridgehead atoms. The van der Waals surface area contributed by atoms with Crippen LogP contribution >= 0.6 is 11.6 Å². The Labute approximate surface area is 145 Å². The van der Waals surface area contributed by atoms with Crippen LogP contribution in [0.2, 0.25) is 5.02 Å². The molecule has 1 aliphatic heterocycles. The number of amides is 1. The molecule has 9 heteroatoms. The van der Waals surface area contributed by atoms with Crippen LogP contribution in [-0.4, -0.2) is 63.0 Å². The van der Waals surface area contributed by atoms with E-state index in [1.807, 2.05) is 0 Å². The van der Waals surface area contributed by atoms with Gasteiger partial charge in [-0.15, -0.1) is 0 Å². The van der Waals surface area contributed by atoms with Gasteiger partial charge in [0.15, 0.2) is 16.4 Å². The molecular formula is C15H18ClNO6S. The van der Waals surface area contributed by atoms with Crippen molar-refractivity contribution in [2.45, 2.75) is 12.5 Å². The molecule has 0 aromatic heterocycles. The van der Waals surface area contributed by atoms with E-state index in [0.29, 0.717) is 17.2 Å². The highest BCUT2D eigenvalue weighted by Crippen LogP contribution is 2.19. The maximum Gasteiger partial charge on any atom is 0.325 e. The molecule has 0 unspecified atom stereocenters. The summed E-state index contributed by atoms with van der Waals surface area (Å²) in [7, 11) is -1.98. The predicted octanol–water partition coefficient (Wildman–Crippen LogP) is 0.907. The highest BCUT2D eigenvalue weighted by atomic mass is 35.5. The Bertz CT molecular complexity index is 703. The number of hydrogen-bond acceptors (Lipinski definition) is 6. The summed E-state index contributed by atoms with van der Waals surface area (Å²) in [6.45, 7) is -0.616. The minimum atomic E-state index is -3.19. The van der Waals surface area contributed by atoms with Crippen LogP contribution in [0.15, 0.2) is 24.3 Å². The number of halogens is 1. The van der Waals surface area contributed by atoms with Gasteiger partial charge in [0, 0.05) is 11.1 Å². The van der Waals surface area contributed by atoms with Gasteiger partial charge in [-0.1, -0.05) is 11.6 Å². The topological polar surface area (TPSA) is 90.0 Å². The molecule has 2 rings (SSSR count). The maximum atomic E-state index is 12.4. The lowest BCUT2D eigenvalue weighted by atomic mass is 10.2.